The number of likely N-dealkylation sites (tertiary alicyclic amines) is 1. The van der Waals surface area contributed by atoms with E-state index in [1.54, 1.807) is 0 Å². The van der Waals surface area contributed by atoms with Gasteiger partial charge in [-0.25, -0.2) is 4.68 Å². The maximum Gasteiger partial charge on any atom is 0.418 e. The smallest absolute Gasteiger partial charge is 0.369 e. The molecule has 8 nitrogen and oxygen atoms in total. The highest BCUT2D eigenvalue weighted by Gasteiger charge is 2.34. The van der Waals surface area contributed by atoms with Crippen molar-refractivity contribution in [1.82, 2.24) is 20.0 Å². The van der Waals surface area contributed by atoms with E-state index in [0.29, 0.717) is 25.9 Å². The fourth-order valence-corrected chi connectivity index (χ4v) is 3.56. The molecule has 0 saturated carbocycles. The van der Waals surface area contributed by atoms with E-state index in [2.05, 4.69) is 10.4 Å². The van der Waals surface area contributed by atoms with Crippen LogP contribution in [0.15, 0.2) is 35.1 Å². The molecule has 1 aliphatic rings. The molecule has 1 aromatic heterocycles. The number of aryl methyl sites for hydroxylation is 1. The Hall–Kier alpha value is -3.21. The first kappa shape index (κ1) is 22.5. The Kier molecular flexibility index (Phi) is 6.44. The number of carbonyl (C=O) groups excluding carboxylic acids is 2. The SMILES string of the molecule is Cc1cc(=O)c(C(=O)NC2CCN(CC(N)=O)CC2)nn1-c1ccccc1C(F)(F)F. The molecule has 1 fully saturated rings. The Labute approximate surface area is 175 Å². The number of nitrogens with one attached hydrogen (secondary N) is 1. The molecule has 2 heterocycles. The van der Waals surface area contributed by atoms with Crippen LogP contribution in [0.25, 0.3) is 5.69 Å². The molecule has 2 amide bonds. The Balaban J connectivity index is 1.84. The molecule has 0 unspecified atom stereocenters. The largest absolute Gasteiger partial charge is 0.418 e. The van der Waals surface area contributed by atoms with E-state index in [-0.39, 0.29) is 24.0 Å². The number of benzene rings is 1. The lowest BCUT2D eigenvalue weighted by Gasteiger charge is -2.31. The second kappa shape index (κ2) is 8.88. The topological polar surface area (TPSA) is 110 Å². The highest BCUT2D eigenvalue weighted by molar-refractivity contribution is 5.92. The zero-order chi connectivity index (χ0) is 22.8. The van der Waals surface area contributed by atoms with E-state index in [0.717, 1.165) is 16.8 Å². The van der Waals surface area contributed by atoms with Crippen molar-refractivity contribution in [1.29, 1.82) is 0 Å². The van der Waals surface area contributed by atoms with Gasteiger partial charge < -0.3 is 11.1 Å². The number of alkyl halides is 3. The van der Waals surface area contributed by atoms with E-state index in [4.69, 9.17) is 5.73 Å². The molecular weight excluding hydrogens is 415 g/mol. The van der Waals surface area contributed by atoms with Crippen LogP contribution in [0.2, 0.25) is 0 Å². The van der Waals surface area contributed by atoms with Crippen LogP contribution in [-0.4, -0.2) is 52.2 Å². The van der Waals surface area contributed by atoms with Crippen molar-refractivity contribution in [3.8, 4) is 5.69 Å². The molecule has 3 rings (SSSR count). The second-order valence-corrected chi connectivity index (χ2v) is 7.42. The summed E-state index contributed by atoms with van der Waals surface area (Å²) in [6.07, 6.45) is -3.55. The van der Waals surface area contributed by atoms with Crippen LogP contribution < -0.4 is 16.5 Å². The number of carbonyl (C=O) groups is 2. The third kappa shape index (κ3) is 5.29. The van der Waals surface area contributed by atoms with E-state index >= 15 is 0 Å². The van der Waals surface area contributed by atoms with Crippen LogP contribution in [0.4, 0.5) is 13.2 Å². The molecule has 2 aromatic rings. The van der Waals surface area contributed by atoms with Gasteiger partial charge in [0.1, 0.15) is 0 Å². The number of rotatable bonds is 5. The quantitative estimate of drug-likeness (QED) is 0.731. The average molecular weight is 437 g/mol. The Morgan fingerprint density at radius 1 is 1.23 bits per heavy atom. The molecule has 0 aliphatic carbocycles. The van der Waals surface area contributed by atoms with Gasteiger partial charge in [0.15, 0.2) is 5.69 Å². The third-order valence-electron chi connectivity index (χ3n) is 5.06. The standard InChI is InChI=1S/C20H22F3N5O3/c1-12-10-16(29)18(19(31)25-13-6-8-27(9-7-13)11-17(24)30)26-28(12)15-5-3-2-4-14(15)20(21,22)23/h2-5,10,13H,6-9,11H2,1H3,(H2,24,30)(H,25,31). The van der Waals surface area contributed by atoms with Gasteiger partial charge in [-0.2, -0.15) is 18.3 Å². The molecule has 1 aliphatic heterocycles. The summed E-state index contributed by atoms with van der Waals surface area (Å²) in [6, 6.07) is 5.64. The summed E-state index contributed by atoms with van der Waals surface area (Å²) >= 11 is 0. The normalized spacial score (nSPS) is 15.6. The van der Waals surface area contributed by atoms with Crippen LogP contribution >= 0.6 is 0 Å². The third-order valence-corrected chi connectivity index (χ3v) is 5.06. The summed E-state index contributed by atoms with van der Waals surface area (Å²) in [7, 11) is 0. The predicted molar refractivity (Wildman–Crippen MR) is 106 cm³/mol. The van der Waals surface area contributed by atoms with Gasteiger partial charge in [-0.15, -0.1) is 0 Å². The summed E-state index contributed by atoms with van der Waals surface area (Å²) in [5.74, 6) is -1.19. The monoisotopic (exact) mass is 437 g/mol. The lowest BCUT2D eigenvalue weighted by atomic mass is 10.0. The minimum Gasteiger partial charge on any atom is -0.369 e. The zero-order valence-corrected chi connectivity index (χ0v) is 16.8. The molecule has 1 saturated heterocycles. The van der Waals surface area contributed by atoms with Crippen molar-refractivity contribution >= 4 is 11.8 Å². The minimum atomic E-state index is -4.63. The van der Waals surface area contributed by atoms with Crippen LogP contribution in [0.5, 0.6) is 0 Å². The number of amides is 2. The highest BCUT2D eigenvalue weighted by Crippen LogP contribution is 2.33. The van der Waals surface area contributed by atoms with Crippen molar-refractivity contribution in [3.63, 3.8) is 0 Å². The van der Waals surface area contributed by atoms with Crippen LogP contribution in [0, 0.1) is 6.92 Å². The van der Waals surface area contributed by atoms with Crippen LogP contribution in [0.3, 0.4) is 0 Å². The maximum absolute atomic E-state index is 13.4. The molecule has 3 N–H and O–H groups in total. The van der Waals surface area contributed by atoms with Crippen LogP contribution in [-0.2, 0) is 11.0 Å². The number of piperidine rings is 1. The minimum absolute atomic E-state index is 0.128. The predicted octanol–water partition coefficient (Wildman–Crippen LogP) is 1.24. The molecule has 1 aromatic carbocycles. The number of hydrogen-bond donors (Lipinski definition) is 2. The molecule has 0 spiro atoms. The van der Waals surface area contributed by atoms with E-state index < -0.39 is 34.7 Å². The van der Waals surface area contributed by atoms with E-state index in [1.165, 1.54) is 25.1 Å². The van der Waals surface area contributed by atoms with Gasteiger partial charge in [0.25, 0.3) is 5.91 Å². The zero-order valence-electron chi connectivity index (χ0n) is 16.8. The van der Waals surface area contributed by atoms with Gasteiger partial charge in [0, 0.05) is 30.9 Å². The van der Waals surface area contributed by atoms with Gasteiger partial charge in [-0.3, -0.25) is 19.3 Å². The number of nitrogens with zero attached hydrogens (tertiary/aromatic N) is 3. The molecule has 0 atom stereocenters. The Morgan fingerprint density at radius 2 is 1.87 bits per heavy atom. The first-order valence-electron chi connectivity index (χ1n) is 9.65. The van der Waals surface area contributed by atoms with Crippen molar-refractivity contribution in [3.05, 3.63) is 57.5 Å². The molecule has 31 heavy (non-hydrogen) atoms. The second-order valence-electron chi connectivity index (χ2n) is 7.42. The number of hydrogen-bond acceptors (Lipinski definition) is 5. The van der Waals surface area contributed by atoms with Crippen molar-refractivity contribution in [2.24, 2.45) is 5.73 Å². The number of nitrogens with two attached hydrogens (primary N) is 1. The van der Waals surface area contributed by atoms with Gasteiger partial charge >= 0.3 is 6.18 Å². The maximum atomic E-state index is 13.4. The van der Waals surface area contributed by atoms with Crippen LogP contribution in [0.1, 0.15) is 34.6 Å². The first-order valence-corrected chi connectivity index (χ1v) is 9.65. The summed E-state index contributed by atoms with van der Waals surface area (Å²) in [5.41, 5.74) is 2.97. The lowest BCUT2D eigenvalue weighted by molar-refractivity contribution is -0.137. The Morgan fingerprint density at radius 3 is 2.48 bits per heavy atom. The van der Waals surface area contributed by atoms with Gasteiger partial charge in [-0.05, 0) is 31.9 Å². The first-order chi connectivity index (χ1) is 14.6. The average Bonchev–Trinajstić information content (AvgIpc) is 2.68. The highest BCUT2D eigenvalue weighted by atomic mass is 19.4. The fraction of sp³-hybridized carbons (Fsp3) is 0.400. The Bertz CT molecular complexity index is 1040. The number of aromatic nitrogens is 2. The molecule has 11 heteroatoms. The van der Waals surface area contributed by atoms with Crippen molar-refractivity contribution in [2.75, 3.05) is 19.6 Å². The number of primary amides is 1. The molecular formula is C20H22F3N5O3. The number of para-hydroxylation sites is 1. The molecule has 166 valence electrons. The summed E-state index contributed by atoms with van der Waals surface area (Å²) in [6.45, 7) is 2.65. The summed E-state index contributed by atoms with van der Waals surface area (Å²) in [4.78, 5) is 37.9. The number of halogens is 3. The molecule has 0 radical (unpaired) electrons. The fourth-order valence-electron chi connectivity index (χ4n) is 3.56. The summed E-state index contributed by atoms with van der Waals surface area (Å²) in [5, 5.41) is 6.67. The lowest BCUT2D eigenvalue weighted by Crippen LogP contribution is -2.47. The summed E-state index contributed by atoms with van der Waals surface area (Å²) < 4.78 is 41.2. The van der Waals surface area contributed by atoms with Gasteiger partial charge in [-0.1, -0.05) is 12.1 Å². The van der Waals surface area contributed by atoms with Crippen molar-refractivity contribution in [2.45, 2.75) is 32.0 Å². The molecule has 0 bridgehead atoms. The van der Waals surface area contributed by atoms with Gasteiger partial charge in [0.05, 0.1) is 17.8 Å². The van der Waals surface area contributed by atoms with E-state index in [9.17, 15) is 27.6 Å². The van der Waals surface area contributed by atoms with E-state index in [1.807, 2.05) is 4.90 Å². The van der Waals surface area contributed by atoms with Gasteiger partial charge in [0.2, 0.25) is 11.3 Å². The van der Waals surface area contributed by atoms with Crippen molar-refractivity contribution < 1.29 is 22.8 Å².